The van der Waals surface area contributed by atoms with Crippen LogP contribution in [0, 0.1) is 11.3 Å². The normalized spacial score (nSPS) is 15.3. The molecule has 1 aromatic heterocycles. The Morgan fingerprint density at radius 3 is 2.71 bits per heavy atom. The minimum atomic E-state index is -0.710. The molecule has 1 unspecified atom stereocenters. The standard InChI is InChI=1S/C14H18N4O3/c1-3-9(2)16-12(19)8-18-13(20)10(6-15)7-17(14(18)21)11-4-5-11/h7,9,11H,3-5,8H2,1-2H3,(H,16,19). The van der Waals surface area contributed by atoms with Gasteiger partial charge in [0.2, 0.25) is 5.91 Å². The van der Waals surface area contributed by atoms with Crippen molar-refractivity contribution >= 4 is 5.91 Å². The molecule has 21 heavy (non-hydrogen) atoms. The first-order valence-corrected chi connectivity index (χ1v) is 7.03. The molecule has 0 spiro atoms. The van der Waals surface area contributed by atoms with Crippen LogP contribution in [0.2, 0.25) is 0 Å². The van der Waals surface area contributed by atoms with Gasteiger partial charge in [-0.25, -0.2) is 9.36 Å². The minimum absolute atomic E-state index is 0.0296. The van der Waals surface area contributed by atoms with E-state index >= 15 is 0 Å². The van der Waals surface area contributed by atoms with Gasteiger partial charge in [-0.15, -0.1) is 0 Å². The topological polar surface area (TPSA) is 96.9 Å². The second-order valence-electron chi connectivity index (χ2n) is 5.34. The van der Waals surface area contributed by atoms with Crippen molar-refractivity contribution < 1.29 is 4.79 Å². The van der Waals surface area contributed by atoms with E-state index in [4.69, 9.17) is 5.26 Å². The Morgan fingerprint density at radius 1 is 1.52 bits per heavy atom. The van der Waals surface area contributed by atoms with Crippen molar-refractivity contribution in [2.75, 3.05) is 0 Å². The molecule has 1 fully saturated rings. The van der Waals surface area contributed by atoms with E-state index in [1.165, 1.54) is 10.8 Å². The van der Waals surface area contributed by atoms with Crippen molar-refractivity contribution in [1.29, 1.82) is 5.26 Å². The fourth-order valence-electron chi connectivity index (χ4n) is 2.02. The average Bonchev–Trinajstić information content (AvgIpc) is 3.28. The van der Waals surface area contributed by atoms with Gasteiger partial charge in [0.25, 0.3) is 5.56 Å². The summed E-state index contributed by atoms with van der Waals surface area (Å²) >= 11 is 0. The zero-order valence-electron chi connectivity index (χ0n) is 12.1. The third-order valence-corrected chi connectivity index (χ3v) is 3.58. The molecule has 112 valence electrons. The molecule has 0 bridgehead atoms. The van der Waals surface area contributed by atoms with E-state index in [2.05, 4.69) is 5.32 Å². The monoisotopic (exact) mass is 290 g/mol. The van der Waals surface area contributed by atoms with Gasteiger partial charge in [0.1, 0.15) is 18.2 Å². The van der Waals surface area contributed by atoms with Crippen LogP contribution >= 0.6 is 0 Å². The van der Waals surface area contributed by atoms with Gasteiger partial charge in [-0.1, -0.05) is 6.92 Å². The summed E-state index contributed by atoms with van der Waals surface area (Å²) < 4.78 is 2.23. The minimum Gasteiger partial charge on any atom is -0.352 e. The molecule has 2 rings (SSSR count). The van der Waals surface area contributed by atoms with Crippen LogP contribution < -0.4 is 16.6 Å². The lowest BCUT2D eigenvalue weighted by molar-refractivity contribution is -0.122. The number of aromatic nitrogens is 2. The maximum absolute atomic E-state index is 12.3. The van der Waals surface area contributed by atoms with Gasteiger partial charge in [-0.3, -0.25) is 14.2 Å². The zero-order chi connectivity index (χ0) is 15.6. The molecule has 1 N–H and O–H groups in total. The Balaban J connectivity index is 2.36. The Kier molecular flexibility index (Phi) is 4.26. The summed E-state index contributed by atoms with van der Waals surface area (Å²) in [7, 11) is 0. The molecule has 1 amide bonds. The third-order valence-electron chi connectivity index (χ3n) is 3.58. The first-order chi connectivity index (χ1) is 9.97. The number of nitrogens with one attached hydrogen (secondary N) is 1. The van der Waals surface area contributed by atoms with Gasteiger partial charge >= 0.3 is 5.69 Å². The second-order valence-corrected chi connectivity index (χ2v) is 5.34. The van der Waals surface area contributed by atoms with Gasteiger partial charge in [0.15, 0.2) is 0 Å². The van der Waals surface area contributed by atoms with Crippen molar-refractivity contribution in [2.45, 2.75) is 51.7 Å². The van der Waals surface area contributed by atoms with E-state index in [0.717, 1.165) is 23.8 Å². The summed E-state index contributed by atoms with van der Waals surface area (Å²) in [4.78, 5) is 36.2. The van der Waals surface area contributed by atoms with Gasteiger partial charge in [-0.2, -0.15) is 5.26 Å². The zero-order valence-corrected chi connectivity index (χ0v) is 12.1. The van der Waals surface area contributed by atoms with Crippen LogP contribution in [0.4, 0.5) is 0 Å². The molecule has 1 saturated carbocycles. The molecule has 1 heterocycles. The molecule has 0 radical (unpaired) electrons. The Labute approximate surface area is 121 Å². The van der Waals surface area contributed by atoms with Gasteiger partial charge in [0.05, 0.1) is 0 Å². The van der Waals surface area contributed by atoms with E-state index in [1.54, 1.807) is 6.07 Å². The Morgan fingerprint density at radius 2 is 2.19 bits per heavy atom. The average molecular weight is 290 g/mol. The molecule has 1 atom stereocenters. The molecule has 0 aromatic carbocycles. The highest BCUT2D eigenvalue weighted by Gasteiger charge is 2.27. The first-order valence-electron chi connectivity index (χ1n) is 7.03. The number of nitrogens with zero attached hydrogens (tertiary/aromatic N) is 3. The summed E-state index contributed by atoms with van der Waals surface area (Å²) in [6.45, 7) is 3.41. The van der Waals surface area contributed by atoms with Crippen LogP contribution in [0.15, 0.2) is 15.8 Å². The quantitative estimate of drug-likeness (QED) is 0.833. The Bertz CT molecular complexity index is 706. The highest BCUT2D eigenvalue weighted by atomic mass is 16.2. The second kappa shape index (κ2) is 5.95. The number of amides is 1. The van der Waals surface area contributed by atoms with Crippen molar-refractivity contribution in [2.24, 2.45) is 0 Å². The SMILES string of the molecule is CCC(C)NC(=O)Cn1c(=O)c(C#N)cn(C2CC2)c1=O. The smallest absolute Gasteiger partial charge is 0.331 e. The fraction of sp³-hybridized carbons (Fsp3) is 0.571. The van der Waals surface area contributed by atoms with Crippen LogP contribution in [0.5, 0.6) is 0 Å². The summed E-state index contributed by atoms with van der Waals surface area (Å²) in [5.74, 6) is -0.402. The lowest BCUT2D eigenvalue weighted by atomic mass is 10.2. The van der Waals surface area contributed by atoms with Crippen molar-refractivity contribution in [3.63, 3.8) is 0 Å². The van der Waals surface area contributed by atoms with E-state index in [0.29, 0.717) is 0 Å². The predicted octanol–water partition coefficient (Wildman–Crippen LogP) is 0.131. The summed E-state index contributed by atoms with van der Waals surface area (Å²) in [6.07, 6.45) is 3.75. The number of rotatable bonds is 5. The number of hydrogen-bond acceptors (Lipinski definition) is 4. The first kappa shape index (κ1) is 15.0. The molecular formula is C14H18N4O3. The molecule has 1 aromatic rings. The molecule has 0 saturated heterocycles. The summed E-state index contributed by atoms with van der Waals surface area (Å²) in [6, 6.07) is 1.79. The lowest BCUT2D eigenvalue weighted by Gasteiger charge is -2.13. The molecular weight excluding hydrogens is 272 g/mol. The van der Waals surface area contributed by atoms with E-state index in [-0.39, 0.29) is 24.2 Å². The van der Waals surface area contributed by atoms with E-state index in [9.17, 15) is 14.4 Å². The van der Waals surface area contributed by atoms with Crippen LogP contribution in [-0.2, 0) is 11.3 Å². The molecule has 1 aliphatic carbocycles. The number of carbonyl (C=O) groups excluding carboxylic acids is 1. The highest BCUT2D eigenvalue weighted by molar-refractivity contribution is 5.76. The molecule has 7 nitrogen and oxygen atoms in total. The van der Waals surface area contributed by atoms with Crippen molar-refractivity contribution in [3.05, 3.63) is 32.6 Å². The van der Waals surface area contributed by atoms with E-state index < -0.39 is 17.2 Å². The largest absolute Gasteiger partial charge is 0.352 e. The van der Waals surface area contributed by atoms with Gasteiger partial charge < -0.3 is 5.32 Å². The van der Waals surface area contributed by atoms with E-state index in [1.807, 2.05) is 13.8 Å². The van der Waals surface area contributed by atoms with Gasteiger partial charge in [0, 0.05) is 18.3 Å². The predicted molar refractivity (Wildman–Crippen MR) is 75.8 cm³/mol. The number of carbonyl (C=O) groups is 1. The van der Waals surface area contributed by atoms with Crippen LogP contribution in [0.25, 0.3) is 0 Å². The number of nitriles is 1. The molecule has 7 heteroatoms. The maximum Gasteiger partial charge on any atom is 0.331 e. The summed E-state index contributed by atoms with van der Waals surface area (Å²) in [5.41, 5.74) is -1.35. The van der Waals surface area contributed by atoms with Gasteiger partial charge in [-0.05, 0) is 26.2 Å². The lowest BCUT2D eigenvalue weighted by Crippen LogP contribution is -2.45. The maximum atomic E-state index is 12.3. The summed E-state index contributed by atoms with van der Waals surface area (Å²) in [5, 5.41) is 11.7. The van der Waals surface area contributed by atoms with Crippen molar-refractivity contribution in [3.8, 4) is 6.07 Å². The molecule has 0 aliphatic heterocycles. The van der Waals surface area contributed by atoms with Crippen LogP contribution in [0.3, 0.4) is 0 Å². The Hall–Kier alpha value is -2.36. The highest BCUT2D eigenvalue weighted by Crippen LogP contribution is 2.33. The molecule has 1 aliphatic rings. The van der Waals surface area contributed by atoms with Crippen LogP contribution in [-0.4, -0.2) is 21.1 Å². The van der Waals surface area contributed by atoms with Crippen LogP contribution in [0.1, 0.15) is 44.7 Å². The third kappa shape index (κ3) is 3.21. The van der Waals surface area contributed by atoms with Crippen molar-refractivity contribution in [1.82, 2.24) is 14.5 Å². The fourth-order valence-corrected chi connectivity index (χ4v) is 2.02. The number of hydrogen-bond donors (Lipinski definition) is 1.